The molecule has 1 aromatic heterocycles. The van der Waals surface area contributed by atoms with Crippen molar-refractivity contribution in [2.75, 3.05) is 18.1 Å². The lowest BCUT2D eigenvalue weighted by atomic mass is 10.2. The highest BCUT2D eigenvalue weighted by molar-refractivity contribution is 7.91. The maximum absolute atomic E-state index is 12.3. The number of aromatic nitrogens is 2. The third kappa shape index (κ3) is 4.06. The van der Waals surface area contributed by atoms with Crippen LogP contribution in [0.25, 0.3) is 0 Å². The Hall–Kier alpha value is -1.37. The van der Waals surface area contributed by atoms with Gasteiger partial charge in [-0.05, 0) is 26.7 Å². The summed E-state index contributed by atoms with van der Waals surface area (Å²) in [4.78, 5) is 18.2. The van der Waals surface area contributed by atoms with Gasteiger partial charge >= 0.3 is 0 Å². The number of hydrogen-bond donors (Lipinski definition) is 0. The summed E-state index contributed by atoms with van der Waals surface area (Å²) >= 11 is 0. The van der Waals surface area contributed by atoms with Crippen molar-refractivity contribution >= 4 is 15.7 Å². The monoisotopic (exact) mass is 313 g/mol. The Balaban J connectivity index is 1.85. The third-order valence-electron chi connectivity index (χ3n) is 4.02. The van der Waals surface area contributed by atoms with Gasteiger partial charge in [-0.2, -0.15) is 0 Å². The van der Waals surface area contributed by atoms with E-state index in [0.29, 0.717) is 19.4 Å². The van der Waals surface area contributed by atoms with Crippen LogP contribution in [-0.4, -0.2) is 52.9 Å². The second kappa shape index (κ2) is 6.60. The number of nitrogens with zero attached hydrogens (tertiary/aromatic N) is 3. The first-order valence-electron chi connectivity index (χ1n) is 7.40. The number of imidazole rings is 1. The molecule has 1 aromatic rings. The zero-order valence-corrected chi connectivity index (χ0v) is 13.5. The Morgan fingerprint density at radius 3 is 2.81 bits per heavy atom. The molecule has 1 aliphatic rings. The van der Waals surface area contributed by atoms with E-state index in [2.05, 4.69) is 4.98 Å². The number of aryl methyl sites for hydroxylation is 2. The van der Waals surface area contributed by atoms with Crippen LogP contribution in [0.5, 0.6) is 0 Å². The molecule has 0 spiro atoms. The molecule has 1 aliphatic heterocycles. The topological polar surface area (TPSA) is 72.3 Å². The summed E-state index contributed by atoms with van der Waals surface area (Å²) in [6.07, 6.45) is 5.41. The van der Waals surface area contributed by atoms with Gasteiger partial charge in [0.15, 0.2) is 9.84 Å². The maximum atomic E-state index is 12.3. The van der Waals surface area contributed by atoms with E-state index in [-0.39, 0.29) is 23.5 Å². The normalized spacial score (nSPS) is 20.6. The average molecular weight is 313 g/mol. The van der Waals surface area contributed by atoms with Crippen LogP contribution in [0.2, 0.25) is 0 Å². The van der Waals surface area contributed by atoms with E-state index in [0.717, 1.165) is 18.8 Å². The first-order valence-corrected chi connectivity index (χ1v) is 9.22. The van der Waals surface area contributed by atoms with Crippen LogP contribution in [0.1, 0.15) is 32.0 Å². The summed E-state index contributed by atoms with van der Waals surface area (Å²) < 4.78 is 25.1. The van der Waals surface area contributed by atoms with Crippen molar-refractivity contribution in [1.29, 1.82) is 0 Å². The SMILES string of the molecule is CCN(C(=O)CCCn1ccnc1C)C1CCS(=O)(=O)C1. The van der Waals surface area contributed by atoms with Crippen LogP contribution in [0.4, 0.5) is 0 Å². The van der Waals surface area contributed by atoms with E-state index in [4.69, 9.17) is 0 Å². The molecule has 1 amide bonds. The first kappa shape index (κ1) is 16.0. The maximum Gasteiger partial charge on any atom is 0.222 e. The number of sulfone groups is 1. The lowest BCUT2D eigenvalue weighted by Crippen LogP contribution is -2.40. The number of carbonyl (C=O) groups is 1. The molecule has 7 heteroatoms. The second-order valence-electron chi connectivity index (χ2n) is 5.51. The summed E-state index contributed by atoms with van der Waals surface area (Å²) in [6, 6.07) is -0.137. The van der Waals surface area contributed by atoms with Crippen molar-refractivity contribution in [3.05, 3.63) is 18.2 Å². The molecular formula is C14H23N3O3S. The summed E-state index contributed by atoms with van der Waals surface area (Å²) in [5, 5.41) is 0. The van der Waals surface area contributed by atoms with Crippen LogP contribution in [0.15, 0.2) is 12.4 Å². The molecule has 0 N–H and O–H groups in total. The molecule has 1 saturated heterocycles. The van der Waals surface area contributed by atoms with E-state index in [1.807, 2.05) is 24.6 Å². The van der Waals surface area contributed by atoms with Crippen LogP contribution in [0, 0.1) is 6.92 Å². The molecule has 1 fully saturated rings. The van der Waals surface area contributed by atoms with E-state index >= 15 is 0 Å². The summed E-state index contributed by atoms with van der Waals surface area (Å²) in [6.45, 7) is 5.17. The minimum atomic E-state index is -2.95. The molecule has 0 saturated carbocycles. The highest BCUT2D eigenvalue weighted by Gasteiger charge is 2.33. The predicted octanol–water partition coefficient (Wildman–Crippen LogP) is 1.01. The minimum Gasteiger partial charge on any atom is -0.339 e. The highest BCUT2D eigenvalue weighted by atomic mass is 32.2. The largest absolute Gasteiger partial charge is 0.339 e. The van der Waals surface area contributed by atoms with E-state index in [1.165, 1.54) is 0 Å². The standard InChI is InChI=1S/C14H23N3O3S/c1-3-17(13-6-10-21(19,20)11-13)14(18)5-4-8-16-9-7-15-12(16)2/h7,9,13H,3-6,8,10-11H2,1-2H3. The molecule has 2 heterocycles. The van der Waals surface area contributed by atoms with Gasteiger partial charge in [-0.15, -0.1) is 0 Å². The average Bonchev–Trinajstić information content (AvgIpc) is 2.97. The summed E-state index contributed by atoms with van der Waals surface area (Å²) in [5.41, 5.74) is 0. The Labute approximate surface area is 126 Å². The molecule has 0 aromatic carbocycles. The fraction of sp³-hybridized carbons (Fsp3) is 0.714. The highest BCUT2D eigenvalue weighted by Crippen LogP contribution is 2.18. The van der Waals surface area contributed by atoms with Gasteiger partial charge < -0.3 is 9.47 Å². The lowest BCUT2D eigenvalue weighted by molar-refractivity contribution is -0.133. The van der Waals surface area contributed by atoms with Gasteiger partial charge in [-0.3, -0.25) is 4.79 Å². The fourth-order valence-corrected chi connectivity index (χ4v) is 4.57. The van der Waals surface area contributed by atoms with Crippen LogP contribution >= 0.6 is 0 Å². The molecule has 0 radical (unpaired) electrons. The molecule has 118 valence electrons. The Kier molecular flexibility index (Phi) is 5.03. The van der Waals surface area contributed by atoms with Gasteiger partial charge in [-0.25, -0.2) is 13.4 Å². The number of rotatable bonds is 6. The first-order chi connectivity index (χ1) is 9.93. The van der Waals surface area contributed by atoms with Crippen molar-refractivity contribution in [1.82, 2.24) is 14.5 Å². The van der Waals surface area contributed by atoms with Gasteiger partial charge in [0.25, 0.3) is 0 Å². The summed E-state index contributed by atoms with van der Waals surface area (Å²) in [5.74, 6) is 1.32. The predicted molar refractivity (Wildman–Crippen MR) is 80.6 cm³/mol. The van der Waals surface area contributed by atoms with E-state index in [1.54, 1.807) is 11.1 Å². The van der Waals surface area contributed by atoms with Crippen LogP contribution < -0.4 is 0 Å². The molecular weight excluding hydrogens is 290 g/mol. The van der Waals surface area contributed by atoms with E-state index < -0.39 is 9.84 Å². The zero-order chi connectivity index (χ0) is 15.5. The van der Waals surface area contributed by atoms with Crippen molar-refractivity contribution < 1.29 is 13.2 Å². The van der Waals surface area contributed by atoms with Gasteiger partial charge in [0.1, 0.15) is 5.82 Å². The quantitative estimate of drug-likeness (QED) is 0.785. The van der Waals surface area contributed by atoms with Gasteiger partial charge in [0.05, 0.1) is 11.5 Å². The van der Waals surface area contributed by atoms with Crippen molar-refractivity contribution in [2.45, 2.75) is 45.7 Å². The summed E-state index contributed by atoms with van der Waals surface area (Å²) in [7, 11) is -2.95. The molecule has 0 bridgehead atoms. The zero-order valence-electron chi connectivity index (χ0n) is 12.7. The smallest absolute Gasteiger partial charge is 0.222 e. The van der Waals surface area contributed by atoms with Crippen LogP contribution in [0.3, 0.4) is 0 Å². The third-order valence-corrected chi connectivity index (χ3v) is 5.77. The Bertz CT molecular complexity index is 594. The van der Waals surface area contributed by atoms with Gasteiger partial charge in [0, 0.05) is 37.9 Å². The van der Waals surface area contributed by atoms with Crippen molar-refractivity contribution in [3.63, 3.8) is 0 Å². The molecule has 0 aliphatic carbocycles. The van der Waals surface area contributed by atoms with Gasteiger partial charge in [-0.1, -0.05) is 0 Å². The van der Waals surface area contributed by atoms with Gasteiger partial charge in [0.2, 0.25) is 5.91 Å². The number of carbonyl (C=O) groups excluding carboxylic acids is 1. The molecule has 21 heavy (non-hydrogen) atoms. The van der Waals surface area contributed by atoms with Crippen LogP contribution in [-0.2, 0) is 21.2 Å². The molecule has 2 rings (SSSR count). The minimum absolute atomic E-state index is 0.0531. The number of amides is 1. The Morgan fingerprint density at radius 2 is 2.29 bits per heavy atom. The number of hydrogen-bond acceptors (Lipinski definition) is 4. The molecule has 1 atom stereocenters. The molecule has 6 nitrogen and oxygen atoms in total. The van der Waals surface area contributed by atoms with Crippen molar-refractivity contribution in [3.8, 4) is 0 Å². The second-order valence-corrected chi connectivity index (χ2v) is 7.74. The van der Waals surface area contributed by atoms with Crippen molar-refractivity contribution in [2.24, 2.45) is 0 Å². The fourth-order valence-electron chi connectivity index (χ4n) is 2.84. The molecule has 1 unspecified atom stereocenters. The lowest BCUT2D eigenvalue weighted by Gasteiger charge is -2.27. The Morgan fingerprint density at radius 1 is 1.52 bits per heavy atom. The van der Waals surface area contributed by atoms with E-state index in [9.17, 15) is 13.2 Å².